The minimum atomic E-state index is 0.225. The van der Waals surface area contributed by atoms with Gasteiger partial charge in [0.15, 0.2) is 0 Å². The molecule has 1 aliphatic rings. The highest BCUT2D eigenvalue weighted by molar-refractivity contribution is 5.14. The first kappa shape index (κ1) is 12.5. The summed E-state index contributed by atoms with van der Waals surface area (Å²) in [5.41, 5.74) is 1.21. The van der Waals surface area contributed by atoms with Crippen molar-refractivity contribution < 1.29 is 4.74 Å². The number of aromatic nitrogens is 1. The Balaban J connectivity index is 1.89. The Morgan fingerprint density at radius 3 is 3.12 bits per heavy atom. The lowest BCUT2D eigenvalue weighted by molar-refractivity contribution is 0.0901. The normalized spacial score (nSPS) is 24.4. The molecule has 1 aliphatic heterocycles. The maximum Gasteiger partial charge on any atom is 0.0880 e. The molecule has 2 unspecified atom stereocenters. The Labute approximate surface area is 104 Å². The summed E-state index contributed by atoms with van der Waals surface area (Å²) in [5, 5.41) is 3.53. The van der Waals surface area contributed by atoms with E-state index in [9.17, 15) is 0 Å². The number of pyridine rings is 1. The highest BCUT2D eigenvalue weighted by atomic mass is 16.5. The number of hydrogen-bond acceptors (Lipinski definition) is 3. The van der Waals surface area contributed by atoms with Crippen LogP contribution in [-0.4, -0.2) is 24.7 Å². The van der Waals surface area contributed by atoms with Crippen LogP contribution in [0.25, 0.3) is 0 Å². The summed E-state index contributed by atoms with van der Waals surface area (Å²) < 4.78 is 5.83. The maximum absolute atomic E-state index is 5.83. The van der Waals surface area contributed by atoms with E-state index in [-0.39, 0.29) is 6.10 Å². The van der Waals surface area contributed by atoms with Crippen molar-refractivity contribution in [1.82, 2.24) is 10.3 Å². The van der Waals surface area contributed by atoms with E-state index < -0.39 is 0 Å². The van der Waals surface area contributed by atoms with Gasteiger partial charge in [-0.3, -0.25) is 4.98 Å². The average Bonchev–Trinajstić information content (AvgIpc) is 2.78. The van der Waals surface area contributed by atoms with Crippen molar-refractivity contribution in [3.8, 4) is 0 Å². The Bertz CT molecular complexity index is 326. The second-order valence-corrected chi connectivity index (χ2v) is 5.18. The summed E-state index contributed by atoms with van der Waals surface area (Å²) in [6, 6.07) is 4.09. The molecule has 3 heteroatoms. The average molecular weight is 234 g/mol. The predicted octanol–water partition coefficient (Wildman–Crippen LogP) is 2.40. The van der Waals surface area contributed by atoms with E-state index in [1.165, 1.54) is 5.56 Å². The summed E-state index contributed by atoms with van der Waals surface area (Å²) in [4.78, 5) is 4.17. The van der Waals surface area contributed by atoms with Gasteiger partial charge >= 0.3 is 0 Å². The van der Waals surface area contributed by atoms with Crippen LogP contribution in [0.4, 0.5) is 0 Å². The Kier molecular flexibility index (Phi) is 4.51. The van der Waals surface area contributed by atoms with Crippen LogP contribution in [0.2, 0.25) is 0 Å². The molecular weight excluding hydrogens is 212 g/mol. The lowest BCUT2D eigenvalue weighted by Crippen LogP contribution is -2.28. The standard InChI is InChI=1S/C14H22N2O/c1-11(2)8-16-10-13-5-7-17-14(13)12-4-3-6-15-9-12/h3-4,6,9,11,13-14,16H,5,7-8,10H2,1-2H3. The minimum absolute atomic E-state index is 0.225. The first-order valence-corrected chi connectivity index (χ1v) is 6.49. The van der Waals surface area contributed by atoms with Gasteiger partial charge in [-0.05, 0) is 30.5 Å². The molecule has 0 amide bonds. The van der Waals surface area contributed by atoms with Crippen LogP contribution in [0.1, 0.15) is 31.9 Å². The molecule has 94 valence electrons. The largest absolute Gasteiger partial charge is 0.373 e. The van der Waals surface area contributed by atoms with Crippen molar-refractivity contribution in [3.63, 3.8) is 0 Å². The SMILES string of the molecule is CC(C)CNCC1CCOC1c1cccnc1. The molecule has 1 aromatic rings. The third-order valence-corrected chi connectivity index (χ3v) is 3.19. The topological polar surface area (TPSA) is 34.1 Å². The van der Waals surface area contributed by atoms with E-state index >= 15 is 0 Å². The lowest BCUT2D eigenvalue weighted by Gasteiger charge is -2.19. The maximum atomic E-state index is 5.83. The van der Waals surface area contributed by atoms with Crippen LogP contribution < -0.4 is 5.32 Å². The molecule has 1 saturated heterocycles. The van der Waals surface area contributed by atoms with Gasteiger partial charge in [-0.25, -0.2) is 0 Å². The number of rotatable bonds is 5. The van der Waals surface area contributed by atoms with E-state index in [4.69, 9.17) is 4.74 Å². The van der Waals surface area contributed by atoms with Gasteiger partial charge in [0.2, 0.25) is 0 Å². The molecule has 1 N–H and O–H groups in total. The van der Waals surface area contributed by atoms with Crippen molar-refractivity contribution in [3.05, 3.63) is 30.1 Å². The van der Waals surface area contributed by atoms with E-state index in [1.54, 1.807) is 0 Å². The lowest BCUT2D eigenvalue weighted by atomic mass is 9.96. The highest BCUT2D eigenvalue weighted by Crippen LogP contribution is 2.33. The second kappa shape index (κ2) is 6.12. The molecule has 2 heterocycles. The van der Waals surface area contributed by atoms with Crippen LogP contribution >= 0.6 is 0 Å². The third-order valence-electron chi connectivity index (χ3n) is 3.19. The second-order valence-electron chi connectivity index (χ2n) is 5.18. The van der Waals surface area contributed by atoms with E-state index in [0.29, 0.717) is 11.8 Å². The third kappa shape index (κ3) is 3.51. The zero-order chi connectivity index (χ0) is 12.1. The molecule has 0 saturated carbocycles. The van der Waals surface area contributed by atoms with Crippen molar-refractivity contribution in [2.45, 2.75) is 26.4 Å². The number of nitrogens with one attached hydrogen (secondary N) is 1. The smallest absolute Gasteiger partial charge is 0.0880 e. The molecule has 2 atom stereocenters. The van der Waals surface area contributed by atoms with Gasteiger partial charge in [0.25, 0.3) is 0 Å². The molecule has 0 aliphatic carbocycles. The minimum Gasteiger partial charge on any atom is -0.373 e. The number of ether oxygens (including phenoxy) is 1. The van der Waals surface area contributed by atoms with E-state index in [2.05, 4.69) is 30.2 Å². The summed E-state index contributed by atoms with van der Waals surface area (Å²) in [6.45, 7) is 7.45. The van der Waals surface area contributed by atoms with Crippen LogP contribution in [0.3, 0.4) is 0 Å². The molecule has 1 fully saturated rings. The summed E-state index contributed by atoms with van der Waals surface area (Å²) in [6.07, 6.45) is 5.10. The number of hydrogen-bond donors (Lipinski definition) is 1. The molecular formula is C14H22N2O. The van der Waals surface area contributed by atoms with Crippen LogP contribution in [0.15, 0.2) is 24.5 Å². The quantitative estimate of drug-likeness (QED) is 0.849. The van der Waals surface area contributed by atoms with Gasteiger partial charge in [-0.1, -0.05) is 19.9 Å². The molecule has 0 spiro atoms. The number of nitrogens with zero attached hydrogens (tertiary/aromatic N) is 1. The molecule has 2 rings (SSSR count). The summed E-state index contributed by atoms with van der Waals surface area (Å²) in [7, 11) is 0. The van der Waals surface area contributed by atoms with Gasteiger partial charge < -0.3 is 10.1 Å². The Morgan fingerprint density at radius 2 is 2.41 bits per heavy atom. The van der Waals surface area contributed by atoms with E-state index in [1.807, 2.05) is 18.5 Å². The molecule has 17 heavy (non-hydrogen) atoms. The van der Waals surface area contributed by atoms with Crippen molar-refractivity contribution in [2.24, 2.45) is 11.8 Å². The van der Waals surface area contributed by atoms with Gasteiger partial charge in [-0.2, -0.15) is 0 Å². The van der Waals surface area contributed by atoms with Crippen LogP contribution in [0, 0.1) is 11.8 Å². The monoisotopic (exact) mass is 234 g/mol. The van der Waals surface area contributed by atoms with Gasteiger partial charge in [0.05, 0.1) is 6.10 Å². The molecule has 1 aromatic heterocycles. The molecule has 0 aromatic carbocycles. The molecule has 0 radical (unpaired) electrons. The fourth-order valence-corrected chi connectivity index (χ4v) is 2.31. The zero-order valence-electron chi connectivity index (χ0n) is 10.7. The Hall–Kier alpha value is -0.930. The van der Waals surface area contributed by atoms with Gasteiger partial charge in [-0.15, -0.1) is 0 Å². The van der Waals surface area contributed by atoms with Crippen molar-refractivity contribution >= 4 is 0 Å². The van der Waals surface area contributed by atoms with E-state index in [0.717, 1.165) is 26.1 Å². The summed E-state index contributed by atoms with van der Waals surface area (Å²) in [5.74, 6) is 1.28. The Morgan fingerprint density at radius 1 is 1.53 bits per heavy atom. The van der Waals surface area contributed by atoms with Gasteiger partial charge in [0.1, 0.15) is 0 Å². The zero-order valence-corrected chi connectivity index (χ0v) is 10.7. The fourth-order valence-electron chi connectivity index (χ4n) is 2.31. The molecule has 3 nitrogen and oxygen atoms in total. The fraction of sp³-hybridized carbons (Fsp3) is 0.643. The first-order chi connectivity index (χ1) is 8.27. The highest BCUT2D eigenvalue weighted by Gasteiger charge is 2.29. The van der Waals surface area contributed by atoms with Crippen molar-refractivity contribution in [1.29, 1.82) is 0 Å². The van der Waals surface area contributed by atoms with Crippen molar-refractivity contribution in [2.75, 3.05) is 19.7 Å². The van der Waals surface area contributed by atoms with Crippen LogP contribution in [0.5, 0.6) is 0 Å². The van der Waals surface area contributed by atoms with Gasteiger partial charge in [0, 0.05) is 31.5 Å². The van der Waals surface area contributed by atoms with Crippen LogP contribution in [-0.2, 0) is 4.74 Å². The molecule has 0 bridgehead atoms. The predicted molar refractivity (Wildman–Crippen MR) is 68.7 cm³/mol. The summed E-state index contributed by atoms with van der Waals surface area (Å²) >= 11 is 0. The first-order valence-electron chi connectivity index (χ1n) is 6.49.